The van der Waals surface area contributed by atoms with Crippen LogP contribution in [-0.2, 0) is 11.1 Å². The van der Waals surface area contributed by atoms with Gasteiger partial charge in [0.25, 0.3) is 0 Å². The summed E-state index contributed by atoms with van der Waals surface area (Å²) in [6.45, 7) is 11.4. The van der Waals surface area contributed by atoms with Crippen molar-refractivity contribution < 1.29 is 19.6 Å². The van der Waals surface area contributed by atoms with Crippen LogP contribution in [0.5, 0.6) is 0 Å². The summed E-state index contributed by atoms with van der Waals surface area (Å²) in [7, 11) is 1.48. The Morgan fingerprint density at radius 3 is 2.23 bits per heavy atom. The third kappa shape index (κ3) is 6.89. The van der Waals surface area contributed by atoms with Crippen molar-refractivity contribution in [2.75, 3.05) is 113 Å². The molecule has 1 aromatic heterocycles. The highest BCUT2D eigenvalue weighted by Crippen LogP contribution is 2.40. The number of anilines is 5. The van der Waals surface area contributed by atoms with Gasteiger partial charge in [-0.1, -0.05) is 0 Å². The van der Waals surface area contributed by atoms with E-state index in [0.717, 1.165) is 67.1 Å². The van der Waals surface area contributed by atoms with Crippen LogP contribution in [0.1, 0.15) is 11.1 Å². The Labute approximate surface area is 237 Å². The van der Waals surface area contributed by atoms with E-state index >= 15 is 0 Å². The lowest BCUT2D eigenvalue weighted by Gasteiger charge is -2.37. The summed E-state index contributed by atoms with van der Waals surface area (Å²) >= 11 is 0. The van der Waals surface area contributed by atoms with Gasteiger partial charge in [0.15, 0.2) is 0 Å². The van der Waals surface area contributed by atoms with Crippen molar-refractivity contribution in [2.24, 2.45) is 0 Å². The van der Waals surface area contributed by atoms with Crippen LogP contribution in [0.15, 0.2) is 24.3 Å². The number of fused-ring (bicyclic) bond motifs is 1. The number of rotatable bonds is 11. The molecule has 1 fully saturated rings. The first-order valence-corrected chi connectivity index (χ1v) is 16.7. The minimum Gasteiger partial charge on any atom is -0.395 e. The van der Waals surface area contributed by atoms with Gasteiger partial charge in [0.2, 0.25) is 0 Å². The lowest BCUT2D eigenvalue weighted by molar-refractivity contribution is 0.211. The molecule has 2 aliphatic rings. The topological polar surface area (TPSA) is 116 Å². The molecule has 0 saturated carbocycles. The summed E-state index contributed by atoms with van der Waals surface area (Å²) in [4.78, 5) is 27.5. The van der Waals surface area contributed by atoms with Gasteiger partial charge in [-0.25, -0.2) is 9.78 Å². The molecule has 3 heterocycles. The van der Waals surface area contributed by atoms with Gasteiger partial charge in [0, 0.05) is 88.6 Å². The Morgan fingerprint density at radius 1 is 1.02 bits per heavy atom. The summed E-state index contributed by atoms with van der Waals surface area (Å²) in [6, 6.07) is 8.14. The van der Waals surface area contributed by atoms with Crippen LogP contribution in [0.2, 0.25) is 0 Å². The number of nitrogens with zero attached hydrogens (tertiary/aromatic N) is 6. The standard InChI is InChI=1S/C28H44N7O4P/c1-21-25(35(14-17-36)15-18-37)24-20-31(2)28(38)32(3)27(24)30-26(21)29-22-6-8-23(9-7-22)34-12-10-33(11-13-34)16-19-40(4,5)39/h6-9,36-37H,10-20H2,1-5H3,(H,29,30). The maximum absolute atomic E-state index is 12.7. The molecule has 0 atom stereocenters. The monoisotopic (exact) mass is 573 g/mol. The fourth-order valence-corrected chi connectivity index (χ4v) is 6.17. The summed E-state index contributed by atoms with van der Waals surface area (Å²) in [6.07, 6.45) is 0.767. The third-order valence-corrected chi connectivity index (χ3v) is 8.97. The molecule has 1 saturated heterocycles. The minimum absolute atomic E-state index is 0.0579. The van der Waals surface area contributed by atoms with Crippen LogP contribution in [0.4, 0.5) is 33.5 Å². The SMILES string of the molecule is Cc1c(Nc2ccc(N3CCN(CCP(C)(C)=O)CC3)cc2)nc2c(c1N(CCO)CCO)CN(C)C(=O)N2C. The molecule has 2 aromatic rings. The zero-order valence-electron chi connectivity index (χ0n) is 24.4. The number of hydrogen-bond acceptors (Lipinski definition) is 9. The first-order chi connectivity index (χ1) is 19.0. The van der Waals surface area contributed by atoms with E-state index < -0.39 is 7.14 Å². The number of aliphatic hydroxyl groups is 2. The number of piperazine rings is 1. The van der Waals surface area contributed by atoms with Crippen LogP contribution in [0.3, 0.4) is 0 Å². The van der Waals surface area contributed by atoms with Crippen LogP contribution in [-0.4, -0.2) is 124 Å². The highest BCUT2D eigenvalue weighted by Gasteiger charge is 2.32. The average Bonchev–Trinajstić information content (AvgIpc) is 2.92. The van der Waals surface area contributed by atoms with Crippen LogP contribution in [0.25, 0.3) is 0 Å². The molecular formula is C28H44N7O4P. The highest BCUT2D eigenvalue weighted by molar-refractivity contribution is 7.62. The first-order valence-electron chi connectivity index (χ1n) is 13.9. The zero-order chi connectivity index (χ0) is 29.0. The molecular weight excluding hydrogens is 529 g/mol. The molecule has 0 unspecified atom stereocenters. The zero-order valence-corrected chi connectivity index (χ0v) is 25.3. The number of amides is 2. The molecule has 4 rings (SSSR count). The van der Waals surface area contributed by atoms with E-state index in [9.17, 15) is 19.6 Å². The molecule has 2 aliphatic heterocycles. The molecule has 3 N–H and O–H groups in total. The molecule has 1 aromatic carbocycles. The quantitative estimate of drug-likeness (QED) is 0.349. The fourth-order valence-electron chi connectivity index (χ4n) is 5.41. The number of pyridine rings is 1. The van der Waals surface area contributed by atoms with Gasteiger partial charge >= 0.3 is 6.03 Å². The first kappa shape index (κ1) is 30.1. The second-order valence-electron chi connectivity index (χ2n) is 11.2. The van der Waals surface area contributed by atoms with Crippen LogP contribution in [0, 0.1) is 6.92 Å². The molecule has 220 valence electrons. The summed E-state index contributed by atoms with van der Waals surface area (Å²) < 4.78 is 12.1. The van der Waals surface area contributed by atoms with Crippen molar-refractivity contribution in [2.45, 2.75) is 13.5 Å². The third-order valence-electron chi connectivity index (χ3n) is 7.69. The number of benzene rings is 1. The number of carbonyl (C=O) groups excluding carboxylic acids is 1. The largest absolute Gasteiger partial charge is 0.395 e. The van der Waals surface area contributed by atoms with Crippen LogP contribution < -0.4 is 20.0 Å². The number of urea groups is 1. The van der Waals surface area contributed by atoms with E-state index in [4.69, 9.17) is 4.98 Å². The Balaban J connectivity index is 1.54. The van der Waals surface area contributed by atoms with Crippen molar-refractivity contribution >= 4 is 41.9 Å². The average molecular weight is 574 g/mol. The molecule has 0 spiro atoms. The van der Waals surface area contributed by atoms with Crippen molar-refractivity contribution in [1.29, 1.82) is 0 Å². The summed E-state index contributed by atoms with van der Waals surface area (Å²) in [5.74, 6) is 1.20. The second kappa shape index (κ2) is 12.8. The Kier molecular flexibility index (Phi) is 9.61. The van der Waals surface area contributed by atoms with E-state index in [0.29, 0.717) is 31.3 Å². The van der Waals surface area contributed by atoms with E-state index in [2.05, 4.69) is 27.2 Å². The van der Waals surface area contributed by atoms with Gasteiger partial charge in [-0.2, -0.15) is 0 Å². The van der Waals surface area contributed by atoms with E-state index in [1.54, 1.807) is 23.9 Å². The smallest absolute Gasteiger partial charge is 0.325 e. The molecule has 0 radical (unpaired) electrons. The number of aliphatic hydroxyl groups excluding tert-OH is 2. The lowest BCUT2D eigenvalue weighted by Crippen LogP contribution is -2.47. The number of hydrogen-bond donors (Lipinski definition) is 3. The van der Waals surface area contributed by atoms with Crippen molar-refractivity contribution in [1.82, 2.24) is 14.8 Å². The Hall–Kier alpha value is -2.85. The van der Waals surface area contributed by atoms with Gasteiger partial charge in [-0.05, 0) is 44.5 Å². The normalized spacial score (nSPS) is 16.4. The molecule has 11 nitrogen and oxygen atoms in total. The predicted octanol–water partition coefficient (Wildman–Crippen LogP) is 2.67. The van der Waals surface area contributed by atoms with Gasteiger partial charge in [0.1, 0.15) is 11.6 Å². The maximum Gasteiger partial charge on any atom is 0.325 e. The van der Waals surface area contributed by atoms with Gasteiger partial charge in [-0.15, -0.1) is 0 Å². The van der Waals surface area contributed by atoms with Crippen LogP contribution >= 0.6 is 7.14 Å². The number of nitrogens with one attached hydrogen (secondary N) is 1. The summed E-state index contributed by atoms with van der Waals surface area (Å²) in [5, 5.41) is 22.9. The fraction of sp³-hybridized carbons (Fsp3) is 0.571. The minimum atomic E-state index is -1.99. The van der Waals surface area contributed by atoms with Crippen molar-refractivity contribution in [3.63, 3.8) is 0 Å². The molecule has 0 bridgehead atoms. The molecule has 2 amide bonds. The molecule has 12 heteroatoms. The maximum atomic E-state index is 12.7. The summed E-state index contributed by atoms with van der Waals surface area (Å²) in [5.41, 5.74) is 4.69. The van der Waals surface area contributed by atoms with E-state index in [1.807, 2.05) is 37.3 Å². The number of carbonyl (C=O) groups is 1. The lowest BCUT2D eigenvalue weighted by atomic mass is 10.0. The highest BCUT2D eigenvalue weighted by atomic mass is 31.2. The van der Waals surface area contributed by atoms with E-state index in [-0.39, 0.29) is 19.2 Å². The molecule has 40 heavy (non-hydrogen) atoms. The van der Waals surface area contributed by atoms with Gasteiger partial charge in [0.05, 0.1) is 32.6 Å². The van der Waals surface area contributed by atoms with Crippen molar-refractivity contribution in [3.8, 4) is 0 Å². The Bertz CT molecular complexity index is 1220. The predicted molar refractivity (Wildman–Crippen MR) is 163 cm³/mol. The number of aromatic nitrogens is 1. The van der Waals surface area contributed by atoms with Crippen molar-refractivity contribution in [3.05, 3.63) is 35.4 Å². The van der Waals surface area contributed by atoms with Gasteiger partial charge < -0.3 is 34.8 Å². The molecule has 0 aliphatic carbocycles. The second-order valence-corrected chi connectivity index (χ2v) is 14.8. The van der Waals surface area contributed by atoms with Gasteiger partial charge in [-0.3, -0.25) is 9.80 Å². The van der Waals surface area contributed by atoms with E-state index in [1.165, 1.54) is 0 Å². The Morgan fingerprint density at radius 2 is 1.65 bits per heavy atom.